The normalized spacial score (nSPS) is 10.9. The lowest BCUT2D eigenvalue weighted by molar-refractivity contribution is -0.146. The molecule has 0 spiro atoms. The van der Waals surface area contributed by atoms with E-state index in [1.165, 1.54) is 13.8 Å². The summed E-state index contributed by atoms with van der Waals surface area (Å²) in [5, 5.41) is 11.4. The van der Waals surface area contributed by atoms with Gasteiger partial charge < -0.3 is 10.4 Å². The highest BCUT2D eigenvalue weighted by Gasteiger charge is 2.30. The first-order valence-electron chi connectivity index (χ1n) is 5.12. The second kappa shape index (κ2) is 6.10. The Morgan fingerprint density at radius 2 is 1.75 bits per heavy atom. The van der Waals surface area contributed by atoms with Gasteiger partial charge in [0.05, 0.1) is 0 Å². The molecule has 0 saturated carbocycles. The molecule has 0 aromatic rings. The van der Waals surface area contributed by atoms with Gasteiger partial charge in [0, 0.05) is 5.92 Å². The Balaban J connectivity index is 4.57. The average molecular weight is 225 g/mol. The molecule has 0 aromatic carbocycles. The summed E-state index contributed by atoms with van der Waals surface area (Å²) in [6.45, 7) is 10.0. The lowest BCUT2D eigenvalue weighted by Gasteiger charge is -2.24. The van der Waals surface area contributed by atoms with Gasteiger partial charge in [-0.15, -0.1) is 13.2 Å². The fourth-order valence-corrected chi connectivity index (χ4v) is 1.18. The molecule has 0 bridgehead atoms. The van der Waals surface area contributed by atoms with Crippen molar-refractivity contribution in [1.29, 1.82) is 0 Å². The molecule has 0 aliphatic heterocycles. The van der Waals surface area contributed by atoms with E-state index in [-0.39, 0.29) is 11.8 Å². The maximum Gasteiger partial charge on any atom is 0.328 e. The summed E-state index contributed by atoms with van der Waals surface area (Å²) in [5.74, 6) is -1.64. The smallest absolute Gasteiger partial charge is 0.328 e. The standard InChI is InChI=1S/C12H19NO3/c1-5-7-9(8-6-2)10(14)13-12(3,4)11(15)16/h5-6,9H,1-2,7-8H2,3-4H3,(H,13,14)(H,15,16). The SMILES string of the molecule is C=CCC(CC=C)C(=O)NC(C)(C)C(=O)O. The summed E-state index contributed by atoms with van der Waals surface area (Å²) in [6, 6.07) is 0. The molecule has 0 aromatic heterocycles. The molecule has 0 fully saturated rings. The molecule has 0 unspecified atom stereocenters. The fourth-order valence-electron chi connectivity index (χ4n) is 1.18. The number of allylic oxidation sites excluding steroid dienone is 2. The summed E-state index contributed by atoms with van der Waals surface area (Å²) in [5.41, 5.74) is -1.25. The van der Waals surface area contributed by atoms with Crippen LogP contribution in [-0.2, 0) is 9.59 Å². The van der Waals surface area contributed by atoms with Gasteiger partial charge in [0.15, 0.2) is 0 Å². The minimum atomic E-state index is -1.25. The molecule has 1 amide bonds. The van der Waals surface area contributed by atoms with Crippen molar-refractivity contribution in [3.05, 3.63) is 25.3 Å². The van der Waals surface area contributed by atoms with Crippen molar-refractivity contribution < 1.29 is 14.7 Å². The number of hydrogen-bond donors (Lipinski definition) is 2. The summed E-state index contributed by atoms with van der Waals surface area (Å²) < 4.78 is 0. The van der Waals surface area contributed by atoms with Crippen LogP contribution in [0, 0.1) is 5.92 Å². The zero-order chi connectivity index (χ0) is 12.8. The number of aliphatic carboxylic acids is 1. The number of carboxylic acid groups (broad SMARTS) is 1. The zero-order valence-electron chi connectivity index (χ0n) is 9.82. The molecule has 0 radical (unpaired) electrons. The van der Waals surface area contributed by atoms with E-state index in [4.69, 9.17) is 5.11 Å². The van der Waals surface area contributed by atoms with E-state index in [9.17, 15) is 9.59 Å². The van der Waals surface area contributed by atoms with E-state index in [2.05, 4.69) is 18.5 Å². The Morgan fingerprint density at radius 1 is 1.31 bits per heavy atom. The molecule has 16 heavy (non-hydrogen) atoms. The molecule has 90 valence electrons. The summed E-state index contributed by atoms with van der Waals surface area (Å²) in [6.07, 6.45) is 4.30. The van der Waals surface area contributed by atoms with Crippen molar-refractivity contribution >= 4 is 11.9 Å². The largest absolute Gasteiger partial charge is 0.480 e. The van der Waals surface area contributed by atoms with E-state index in [1.54, 1.807) is 12.2 Å². The predicted molar refractivity (Wildman–Crippen MR) is 63.0 cm³/mol. The zero-order valence-corrected chi connectivity index (χ0v) is 9.82. The Hall–Kier alpha value is -1.58. The molecule has 2 N–H and O–H groups in total. The molecule has 0 aliphatic rings. The number of carboxylic acids is 1. The lowest BCUT2D eigenvalue weighted by atomic mass is 9.97. The van der Waals surface area contributed by atoms with E-state index in [0.717, 1.165) is 0 Å². The van der Waals surface area contributed by atoms with Crippen LogP contribution in [0.1, 0.15) is 26.7 Å². The van der Waals surface area contributed by atoms with Gasteiger partial charge in [0.1, 0.15) is 5.54 Å². The molecular weight excluding hydrogens is 206 g/mol. The highest BCUT2D eigenvalue weighted by atomic mass is 16.4. The van der Waals surface area contributed by atoms with Crippen molar-refractivity contribution in [3.63, 3.8) is 0 Å². The van der Waals surface area contributed by atoms with Gasteiger partial charge in [0.2, 0.25) is 5.91 Å². The Morgan fingerprint density at radius 3 is 2.06 bits per heavy atom. The Bertz CT molecular complexity index is 285. The van der Waals surface area contributed by atoms with Crippen LogP contribution in [-0.4, -0.2) is 22.5 Å². The quantitative estimate of drug-likeness (QED) is 0.648. The highest BCUT2D eigenvalue weighted by molar-refractivity contribution is 5.87. The van der Waals surface area contributed by atoms with E-state index in [0.29, 0.717) is 12.8 Å². The summed E-state index contributed by atoms with van der Waals surface area (Å²) in [4.78, 5) is 22.6. The highest BCUT2D eigenvalue weighted by Crippen LogP contribution is 2.12. The number of rotatable bonds is 7. The fraction of sp³-hybridized carbons (Fsp3) is 0.500. The summed E-state index contributed by atoms with van der Waals surface area (Å²) >= 11 is 0. The molecule has 0 rings (SSSR count). The minimum Gasteiger partial charge on any atom is -0.480 e. The van der Waals surface area contributed by atoms with Crippen LogP contribution in [0.15, 0.2) is 25.3 Å². The maximum absolute atomic E-state index is 11.8. The van der Waals surface area contributed by atoms with Crippen LogP contribution < -0.4 is 5.32 Å². The van der Waals surface area contributed by atoms with E-state index >= 15 is 0 Å². The Labute approximate surface area is 96.0 Å². The average Bonchev–Trinajstić information content (AvgIpc) is 2.16. The number of carbonyl (C=O) groups is 2. The number of hydrogen-bond acceptors (Lipinski definition) is 2. The Kier molecular flexibility index (Phi) is 5.50. The van der Waals surface area contributed by atoms with Crippen molar-refractivity contribution in [2.75, 3.05) is 0 Å². The van der Waals surface area contributed by atoms with Gasteiger partial charge in [-0.1, -0.05) is 12.2 Å². The number of nitrogens with one attached hydrogen (secondary N) is 1. The van der Waals surface area contributed by atoms with Crippen LogP contribution >= 0.6 is 0 Å². The monoisotopic (exact) mass is 225 g/mol. The van der Waals surface area contributed by atoms with Crippen molar-refractivity contribution in [2.24, 2.45) is 5.92 Å². The molecule has 0 saturated heterocycles. The van der Waals surface area contributed by atoms with Gasteiger partial charge in [-0.25, -0.2) is 4.79 Å². The number of amides is 1. The topological polar surface area (TPSA) is 66.4 Å². The number of carbonyl (C=O) groups excluding carboxylic acids is 1. The summed E-state index contributed by atoms with van der Waals surface area (Å²) in [7, 11) is 0. The van der Waals surface area contributed by atoms with E-state index in [1.807, 2.05) is 0 Å². The third kappa shape index (κ3) is 4.29. The second-order valence-corrected chi connectivity index (χ2v) is 4.17. The van der Waals surface area contributed by atoms with Crippen LogP contribution in [0.25, 0.3) is 0 Å². The first-order valence-corrected chi connectivity index (χ1v) is 5.12. The molecule has 0 aliphatic carbocycles. The van der Waals surface area contributed by atoms with Crippen LogP contribution in [0.5, 0.6) is 0 Å². The molecule has 0 heterocycles. The van der Waals surface area contributed by atoms with Crippen LogP contribution in [0.3, 0.4) is 0 Å². The third-order valence-corrected chi connectivity index (χ3v) is 2.24. The maximum atomic E-state index is 11.8. The van der Waals surface area contributed by atoms with Gasteiger partial charge in [-0.3, -0.25) is 4.79 Å². The van der Waals surface area contributed by atoms with Crippen molar-refractivity contribution in [3.8, 4) is 0 Å². The van der Waals surface area contributed by atoms with Crippen LogP contribution in [0.4, 0.5) is 0 Å². The van der Waals surface area contributed by atoms with Crippen molar-refractivity contribution in [1.82, 2.24) is 5.32 Å². The van der Waals surface area contributed by atoms with Gasteiger partial charge in [-0.2, -0.15) is 0 Å². The van der Waals surface area contributed by atoms with E-state index < -0.39 is 11.5 Å². The first kappa shape index (κ1) is 14.4. The molecule has 4 nitrogen and oxygen atoms in total. The first-order chi connectivity index (χ1) is 7.35. The predicted octanol–water partition coefficient (Wildman–Crippen LogP) is 1.73. The minimum absolute atomic E-state index is 0.285. The lowest BCUT2D eigenvalue weighted by Crippen LogP contribution is -2.51. The van der Waals surface area contributed by atoms with Gasteiger partial charge >= 0.3 is 5.97 Å². The van der Waals surface area contributed by atoms with Gasteiger partial charge in [0.25, 0.3) is 0 Å². The second-order valence-electron chi connectivity index (χ2n) is 4.17. The third-order valence-electron chi connectivity index (χ3n) is 2.24. The van der Waals surface area contributed by atoms with Gasteiger partial charge in [-0.05, 0) is 26.7 Å². The molecule has 0 atom stereocenters. The van der Waals surface area contributed by atoms with Crippen molar-refractivity contribution in [2.45, 2.75) is 32.2 Å². The molecule has 4 heteroatoms. The van der Waals surface area contributed by atoms with Crippen LogP contribution in [0.2, 0.25) is 0 Å². The molecular formula is C12H19NO3.